The number of imide groups is 1. The van der Waals surface area contributed by atoms with Gasteiger partial charge in [0.1, 0.15) is 5.75 Å². The molecule has 10 heteroatoms. The molecular formula is C20H18F3N3O4. The van der Waals surface area contributed by atoms with Gasteiger partial charge in [0.15, 0.2) is 0 Å². The van der Waals surface area contributed by atoms with Crippen molar-refractivity contribution in [1.82, 2.24) is 10.6 Å². The van der Waals surface area contributed by atoms with Crippen LogP contribution in [0.25, 0.3) is 0 Å². The first kappa shape index (κ1) is 21.2. The molecule has 1 atom stereocenters. The Balaban J connectivity index is 2.05. The Kier molecular flexibility index (Phi) is 5.19. The molecule has 1 saturated heterocycles. The van der Waals surface area contributed by atoms with E-state index in [9.17, 15) is 27.6 Å². The van der Waals surface area contributed by atoms with Gasteiger partial charge in [-0.3, -0.25) is 14.9 Å². The third kappa shape index (κ3) is 3.34. The van der Waals surface area contributed by atoms with Crippen LogP contribution in [0.3, 0.4) is 0 Å². The summed E-state index contributed by atoms with van der Waals surface area (Å²) in [4.78, 5) is 38.4. The van der Waals surface area contributed by atoms with Gasteiger partial charge in [0.2, 0.25) is 0 Å². The van der Waals surface area contributed by atoms with E-state index >= 15 is 0 Å². The average Bonchev–Trinajstić information content (AvgIpc) is 2.92. The third-order valence-electron chi connectivity index (χ3n) is 4.69. The summed E-state index contributed by atoms with van der Waals surface area (Å²) in [6.45, 7) is 3.32. The Bertz CT molecular complexity index is 1040. The van der Waals surface area contributed by atoms with E-state index in [0.717, 1.165) is 5.56 Å². The highest BCUT2D eigenvalue weighted by Crippen LogP contribution is 2.37. The number of aryl methyl sites for hydroxylation is 2. The number of halogens is 3. The zero-order valence-corrected chi connectivity index (χ0v) is 16.3. The number of alkyl halides is 3. The number of methoxy groups -OCH3 is 1. The van der Waals surface area contributed by atoms with Gasteiger partial charge in [-0.05, 0) is 37.6 Å². The largest absolute Gasteiger partial charge is 0.496 e. The molecule has 4 amide bonds. The minimum absolute atomic E-state index is 0.00957. The monoisotopic (exact) mass is 421 g/mol. The molecule has 1 heterocycles. The van der Waals surface area contributed by atoms with E-state index < -0.39 is 29.7 Å². The second-order valence-electron chi connectivity index (χ2n) is 6.76. The van der Waals surface area contributed by atoms with Gasteiger partial charge in [-0.25, -0.2) is 9.69 Å². The molecule has 7 nitrogen and oxygen atoms in total. The Morgan fingerprint density at radius 2 is 1.80 bits per heavy atom. The molecule has 0 spiro atoms. The zero-order valence-electron chi connectivity index (χ0n) is 16.3. The van der Waals surface area contributed by atoms with Gasteiger partial charge in [-0.15, -0.1) is 0 Å². The first-order valence-corrected chi connectivity index (χ1v) is 8.78. The molecule has 3 rings (SSSR count). The average molecular weight is 421 g/mol. The molecule has 0 aromatic heterocycles. The van der Waals surface area contributed by atoms with Crippen LogP contribution in [0.5, 0.6) is 5.75 Å². The van der Waals surface area contributed by atoms with Gasteiger partial charge in [-0.1, -0.05) is 29.8 Å². The minimum Gasteiger partial charge on any atom is -0.496 e. The lowest BCUT2D eigenvalue weighted by molar-refractivity contribution is -0.197. The molecule has 30 heavy (non-hydrogen) atoms. The predicted molar refractivity (Wildman–Crippen MR) is 101 cm³/mol. The molecule has 2 aromatic rings. The topological polar surface area (TPSA) is 87.7 Å². The lowest BCUT2D eigenvalue weighted by atomic mass is 10.1. The first-order chi connectivity index (χ1) is 14.0. The van der Waals surface area contributed by atoms with Crippen molar-refractivity contribution in [1.29, 1.82) is 0 Å². The number of rotatable bonds is 4. The molecule has 1 aliphatic rings. The number of carbonyl (C=O) groups is 3. The minimum atomic E-state index is -5.31. The van der Waals surface area contributed by atoms with E-state index in [-0.39, 0.29) is 17.0 Å². The number of urea groups is 1. The van der Waals surface area contributed by atoms with E-state index in [1.54, 1.807) is 36.6 Å². The fraction of sp³-hybridized carbons (Fsp3) is 0.250. The highest BCUT2D eigenvalue weighted by atomic mass is 19.4. The number of amides is 4. The van der Waals surface area contributed by atoms with E-state index in [1.807, 2.05) is 0 Å². The van der Waals surface area contributed by atoms with Crippen LogP contribution in [0.15, 0.2) is 42.5 Å². The quantitative estimate of drug-likeness (QED) is 0.743. The van der Waals surface area contributed by atoms with Crippen LogP contribution in [0.1, 0.15) is 21.5 Å². The van der Waals surface area contributed by atoms with Crippen molar-refractivity contribution in [2.45, 2.75) is 25.7 Å². The lowest BCUT2D eigenvalue weighted by Gasteiger charge is -2.30. The number of hydrogen-bond donors (Lipinski definition) is 2. The fourth-order valence-corrected chi connectivity index (χ4v) is 3.22. The summed E-state index contributed by atoms with van der Waals surface area (Å²) < 4.78 is 47.1. The molecule has 0 saturated carbocycles. The van der Waals surface area contributed by atoms with Crippen molar-refractivity contribution in [2.24, 2.45) is 0 Å². The maximum atomic E-state index is 14.0. The van der Waals surface area contributed by atoms with E-state index in [1.165, 1.54) is 37.4 Å². The summed E-state index contributed by atoms with van der Waals surface area (Å²) in [7, 11) is 1.25. The normalized spacial score (nSPS) is 18.9. The Morgan fingerprint density at radius 3 is 2.40 bits per heavy atom. The second kappa shape index (κ2) is 7.36. The molecule has 0 aliphatic carbocycles. The summed E-state index contributed by atoms with van der Waals surface area (Å²) in [5.74, 6) is -2.88. The number of hydrogen-bond acceptors (Lipinski definition) is 4. The predicted octanol–water partition coefficient (Wildman–Crippen LogP) is 3.06. The van der Waals surface area contributed by atoms with Gasteiger partial charge in [0.25, 0.3) is 17.5 Å². The summed E-state index contributed by atoms with van der Waals surface area (Å²) in [5, 5.41) is 3.29. The molecule has 0 bridgehead atoms. The van der Waals surface area contributed by atoms with Crippen molar-refractivity contribution < 1.29 is 32.3 Å². The number of nitrogens with zero attached hydrogens (tertiary/aromatic N) is 1. The first-order valence-electron chi connectivity index (χ1n) is 8.78. The van der Waals surface area contributed by atoms with Gasteiger partial charge < -0.3 is 10.1 Å². The van der Waals surface area contributed by atoms with Crippen LogP contribution in [-0.2, 0) is 4.79 Å². The van der Waals surface area contributed by atoms with Crippen molar-refractivity contribution in [3.8, 4) is 5.75 Å². The summed E-state index contributed by atoms with van der Waals surface area (Å²) >= 11 is 0. The highest BCUT2D eigenvalue weighted by molar-refractivity contribution is 6.25. The summed E-state index contributed by atoms with van der Waals surface area (Å²) in [6, 6.07) is 8.82. The molecule has 158 valence electrons. The maximum absolute atomic E-state index is 14.0. The van der Waals surface area contributed by atoms with Crippen molar-refractivity contribution in [3.05, 3.63) is 59.2 Å². The SMILES string of the molecule is COc1ccccc1C(=O)N[C@@]1(C(F)(F)F)NC(=O)N(c2ccc(C)cc2C)C1=O. The standard InChI is InChI=1S/C20H18F3N3O4/c1-11-8-9-14(12(2)10-11)26-17(28)19(20(21,22)23,25-18(26)29)24-16(27)13-6-4-5-7-15(13)30-3/h4-10H,1-3H3,(H,24,27)(H,25,29)/t19-/m1/s1. The number of ether oxygens (including phenoxy) is 1. The van der Waals surface area contributed by atoms with Crippen molar-refractivity contribution in [2.75, 3.05) is 12.0 Å². The van der Waals surface area contributed by atoms with Crippen molar-refractivity contribution in [3.63, 3.8) is 0 Å². The van der Waals surface area contributed by atoms with Crippen LogP contribution < -0.4 is 20.3 Å². The number of benzene rings is 2. The number of anilines is 1. The summed E-state index contributed by atoms with van der Waals surface area (Å²) in [6.07, 6.45) is -5.31. The van der Waals surface area contributed by atoms with E-state index in [4.69, 9.17) is 4.74 Å². The van der Waals surface area contributed by atoms with Crippen LogP contribution in [0, 0.1) is 13.8 Å². The lowest BCUT2D eigenvalue weighted by Crippen LogP contribution is -2.69. The Labute approximate surface area is 169 Å². The molecule has 0 unspecified atom stereocenters. The highest BCUT2D eigenvalue weighted by Gasteiger charge is 2.69. The molecule has 0 radical (unpaired) electrons. The Morgan fingerprint density at radius 1 is 1.13 bits per heavy atom. The van der Waals surface area contributed by atoms with E-state index in [2.05, 4.69) is 0 Å². The van der Waals surface area contributed by atoms with Crippen LogP contribution in [-0.4, -0.2) is 36.8 Å². The molecule has 1 fully saturated rings. The third-order valence-corrected chi connectivity index (χ3v) is 4.69. The van der Waals surface area contributed by atoms with Crippen molar-refractivity contribution >= 4 is 23.5 Å². The second-order valence-corrected chi connectivity index (χ2v) is 6.76. The van der Waals surface area contributed by atoms with Gasteiger partial charge in [0.05, 0.1) is 18.4 Å². The van der Waals surface area contributed by atoms with Crippen LogP contribution in [0.4, 0.5) is 23.7 Å². The number of carbonyl (C=O) groups excluding carboxylic acids is 3. The maximum Gasteiger partial charge on any atom is 0.440 e. The Hall–Kier alpha value is -3.56. The van der Waals surface area contributed by atoms with Gasteiger partial charge >= 0.3 is 12.2 Å². The van der Waals surface area contributed by atoms with E-state index in [0.29, 0.717) is 10.5 Å². The number of para-hydroxylation sites is 1. The number of nitrogens with one attached hydrogen (secondary N) is 2. The molecule has 2 N–H and O–H groups in total. The zero-order chi connectivity index (χ0) is 22.3. The van der Waals surface area contributed by atoms with Gasteiger partial charge in [-0.2, -0.15) is 13.2 Å². The fourth-order valence-electron chi connectivity index (χ4n) is 3.22. The van der Waals surface area contributed by atoms with Crippen LogP contribution in [0.2, 0.25) is 0 Å². The summed E-state index contributed by atoms with van der Waals surface area (Å²) in [5.41, 5.74) is -2.64. The smallest absolute Gasteiger partial charge is 0.440 e. The molecular weight excluding hydrogens is 403 g/mol. The van der Waals surface area contributed by atoms with Gasteiger partial charge in [0, 0.05) is 0 Å². The molecule has 1 aliphatic heterocycles. The molecule has 2 aromatic carbocycles. The van der Waals surface area contributed by atoms with Crippen LogP contribution >= 0.6 is 0 Å².